The van der Waals surface area contributed by atoms with Crippen molar-refractivity contribution in [3.8, 4) is 0 Å². The van der Waals surface area contributed by atoms with Crippen LogP contribution in [0, 0.1) is 13.8 Å². The molecule has 0 saturated heterocycles. The van der Waals surface area contributed by atoms with E-state index in [4.69, 9.17) is 9.47 Å². The molecule has 0 aliphatic carbocycles. The molecule has 4 N–H and O–H groups in total. The lowest BCUT2D eigenvalue weighted by Gasteiger charge is -2.24. The summed E-state index contributed by atoms with van der Waals surface area (Å²) in [5.41, 5.74) is 2.84. The van der Waals surface area contributed by atoms with Gasteiger partial charge in [0.2, 0.25) is 5.91 Å². The molecule has 0 spiro atoms. The summed E-state index contributed by atoms with van der Waals surface area (Å²) in [5.74, 6) is -0.588. The van der Waals surface area contributed by atoms with E-state index in [1.807, 2.05) is 18.2 Å². The third-order valence-electron chi connectivity index (χ3n) is 7.26. The van der Waals surface area contributed by atoms with Gasteiger partial charge in [0.15, 0.2) is 9.84 Å². The molecule has 12 nitrogen and oxygen atoms in total. The summed E-state index contributed by atoms with van der Waals surface area (Å²) in [5, 5.41) is 23.8. The van der Waals surface area contributed by atoms with Gasteiger partial charge in [-0.25, -0.2) is 18.0 Å². The fraction of sp³-hybridized carbons (Fsp3) is 0.382. The van der Waals surface area contributed by atoms with Crippen molar-refractivity contribution < 1.29 is 42.3 Å². The van der Waals surface area contributed by atoms with Crippen LogP contribution in [0.25, 0.3) is 0 Å². The summed E-state index contributed by atoms with van der Waals surface area (Å²) >= 11 is 0. The zero-order chi connectivity index (χ0) is 35.8. The molecule has 0 unspecified atom stereocenters. The molecule has 0 aliphatic rings. The molecular weight excluding hydrogens is 637 g/mol. The molecule has 3 rings (SSSR count). The number of hydrogen-bond acceptors (Lipinski definition) is 9. The predicted molar refractivity (Wildman–Crippen MR) is 183 cm³/mol. The van der Waals surface area contributed by atoms with Crippen LogP contribution in [0.3, 0.4) is 0 Å². The summed E-state index contributed by atoms with van der Waals surface area (Å²) in [6, 6.07) is 16.5. The van der Waals surface area contributed by atoms with Crippen molar-refractivity contribution >= 4 is 46.2 Å². The number of carbonyl (C=O) groups is 3. The summed E-state index contributed by atoms with van der Waals surface area (Å²) < 4.78 is 37.1. The highest BCUT2D eigenvalue weighted by molar-refractivity contribution is 7.92. The fourth-order valence-corrected chi connectivity index (χ4v) is 6.06. The number of nitrogens with one attached hydrogen (secondary N) is 2. The van der Waals surface area contributed by atoms with Gasteiger partial charge < -0.3 is 30.2 Å². The molecule has 0 heterocycles. The molecule has 3 aromatic carbocycles. The van der Waals surface area contributed by atoms with E-state index in [2.05, 4.69) is 10.6 Å². The van der Waals surface area contributed by atoms with Gasteiger partial charge in [0, 0.05) is 12.2 Å². The Morgan fingerprint density at radius 2 is 1.58 bits per heavy atom. The topological polar surface area (TPSA) is 172 Å². The van der Waals surface area contributed by atoms with Gasteiger partial charge >= 0.3 is 19.3 Å². The van der Waals surface area contributed by atoms with E-state index in [1.54, 1.807) is 72.7 Å². The SMILES string of the molecule is Cc1cc(B(O)O)cc(C)c1CN(CC(=O)Nc1ccc(S(=O)(=O)C(C)C)c(CNC(=O)OC(C)(C)C)c1)C(=O)OCc1ccccc1. The zero-order valence-corrected chi connectivity index (χ0v) is 29.2. The maximum atomic E-state index is 13.4. The minimum atomic E-state index is -3.75. The zero-order valence-electron chi connectivity index (χ0n) is 28.4. The number of anilines is 1. The quantitative estimate of drug-likeness (QED) is 0.207. The first-order chi connectivity index (χ1) is 22.4. The first-order valence-electron chi connectivity index (χ1n) is 15.4. The Morgan fingerprint density at radius 1 is 0.958 bits per heavy atom. The third-order valence-corrected chi connectivity index (χ3v) is 9.51. The lowest BCUT2D eigenvalue weighted by Crippen LogP contribution is -2.38. The number of ether oxygens (including phenoxy) is 2. The van der Waals surface area contributed by atoms with Crippen molar-refractivity contribution in [3.05, 3.63) is 88.5 Å². The highest BCUT2D eigenvalue weighted by atomic mass is 32.2. The van der Waals surface area contributed by atoms with Gasteiger partial charge in [-0.05, 0) is 99.9 Å². The van der Waals surface area contributed by atoms with Gasteiger partial charge in [-0.15, -0.1) is 0 Å². The highest BCUT2D eigenvalue weighted by Crippen LogP contribution is 2.25. The standard InChI is InChI=1S/C34H44BN3O9S/c1-22(2)48(44,45)30-14-13-28(17-26(30)18-36-32(40)47-34(5,6)7)37-31(39)20-38(33(41)46-21-25-11-9-8-10-12-25)19-29-23(3)15-27(35(42)43)16-24(29)4/h8-17,22,42-43H,18-21H2,1-7H3,(H,36,40)(H,37,39). The number of hydrogen-bond donors (Lipinski definition) is 4. The number of aryl methyl sites for hydroxylation is 2. The number of sulfone groups is 1. The maximum absolute atomic E-state index is 13.4. The van der Waals surface area contributed by atoms with Crippen LogP contribution in [0.15, 0.2) is 65.6 Å². The Hall–Kier alpha value is -4.40. The van der Waals surface area contributed by atoms with Crippen LogP contribution in [0.1, 0.15) is 62.4 Å². The van der Waals surface area contributed by atoms with Crippen molar-refractivity contribution in [1.82, 2.24) is 10.2 Å². The van der Waals surface area contributed by atoms with Crippen LogP contribution in [0.5, 0.6) is 0 Å². The van der Waals surface area contributed by atoms with E-state index in [0.717, 1.165) is 5.56 Å². The van der Waals surface area contributed by atoms with Crippen LogP contribution in [0.2, 0.25) is 0 Å². The molecule has 0 fully saturated rings. The van der Waals surface area contributed by atoms with Gasteiger partial charge in [0.25, 0.3) is 0 Å². The van der Waals surface area contributed by atoms with Gasteiger partial charge in [-0.3, -0.25) is 9.69 Å². The molecule has 0 aromatic heterocycles. The number of benzene rings is 3. The molecule has 0 aliphatic heterocycles. The van der Waals surface area contributed by atoms with Crippen molar-refractivity contribution in [1.29, 1.82) is 0 Å². The second kappa shape index (κ2) is 16.1. The smallest absolute Gasteiger partial charge is 0.445 e. The van der Waals surface area contributed by atoms with Crippen LogP contribution in [-0.2, 0) is 43.8 Å². The predicted octanol–water partition coefficient (Wildman–Crippen LogP) is 3.97. The Balaban J connectivity index is 1.88. The van der Waals surface area contributed by atoms with Gasteiger partial charge in [0.05, 0.1) is 16.7 Å². The van der Waals surface area contributed by atoms with Crippen molar-refractivity contribution in [2.75, 3.05) is 11.9 Å². The summed E-state index contributed by atoms with van der Waals surface area (Å²) in [6.45, 7) is 11.1. The van der Waals surface area contributed by atoms with Crippen LogP contribution in [0.4, 0.5) is 15.3 Å². The van der Waals surface area contributed by atoms with E-state index in [9.17, 15) is 32.8 Å². The fourth-order valence-electron chi connectivity index (χ4n) is 4.79. The Morgan fingerprint density at radius 3 is 2.15 bits per heavy atom. The average Bonchev–Trinajstić information content (AvgIpc) is 2.99. The van der Waals surface area contributed by atoms with Crippen molar-refractivity contribution in [2.24, 2.45) is 0 Å². The Kier molecular flexibility index (Phi) is 12.8. The molecule has 0 radical (unpaired) electrons. The molecule has 48 heavy (non-hydrogen) atoms. The molecule has 0 atom stereocenters. The van der Waals surface area contributed by atoms with Gasteiger partial charge in [-0.2, -0.15) is 0 Å². The van der Waals surface area contributed by atoms with E-state index < -0.39 is 52.4 Å². The van der Waals surface area contributed by atoms with Crippen molar-refractivity contribution in [3.63, 3.8) is 0 Å². The largest absolute Gasteiger partial charge is 0.488 e. The number of alkyl carbamates (subject to hydrolysis) is 1. The summed E-state index contributed by atoms with van der Waals surface area (Å²) in [6.07, 6.45) is -1.48. The summed E-state index contributed by atoms with van der Waals surface area (Å²) in [4.78, 5) is 40.3. The lowest BCUT2D eigenvalue weighted by molar-refractivity contribution is -0.117. The van der Waals surface area contributed by atoms with Crippen LogP contribution >= 0.6 is 0 Å². The number of rotatable bonds is 12. The molecule has 0 saturated carbocycles. The first-order valence-corrected chi connectivity index (χ1v) is 17.0. The Bertz CT molecular complexity index is 1700. The van der Waals surface area contributed by atoms with Gasteiger partial charge in [-0.1, -0.05) is 42.5 Å². The first kappa shape index (κ1) is 38.1. The molecule has 14 heteroatoms. The summed E-state index contributed by atoms with van der Waals surface area (Å²) in [7, 11) is -5.42. The van der Waals surface area contributed by atoms with Gasteiger partial charge in [0.1, 0.15) is 18.8 Å². The van der Waals surface area contributed by atoms with Crippen molar-refractivity contribution in [2.45, 2.75) is 83.9 Å². The minimum absolute atomic E-state index is 0.0000638. The second-order valence-electron chi connectivity index (χ2n) is 12.7. The van der Waals surface area contributed by atoms with Crippen LogP contribution < -0.4 is 16.1 Å². The van der Waals surface area contributed by atoms with E-state index in [0.29, 0.717) is 22.2 Å². The second-order valence-corrected chi connectivity index (χ2v) is 15.2. The minimum Gasteiger partial charge on any atom is -0.445 e. The lowest BCUT2D eigenvalue weighted by atomic mass is 9.77. The molecule has 3 amide bonds. The average molecular weight is 682 g/mol. The van der Waals surface area contributed by atoms with E-state index >= 15 is 0 Å². The normalized spacial score (nSPS) is 11.5. The van der Waals surface area contributed by atoms with E-state index in [1.165, 1.54) is 23.1 Å². The molecule has 3 aromatic rings. The molecule has 0 bridgehead atoms. The monoisotopic (exact) mass is 681 g/mol. The number of nitrogens with zero attached hydrogens (tertiary/aromatic N) is 1. The Labute approximate surface area is 282 Å². The number of carbonyl (C=O) groups excluding carboxylic acids is 3. The third kappa shape index (κ3) is 10.8. The van der Waals surface area contributed by atoms with E-state index in [-0.39, 0.29) is 35.8 Å². The highest BCUT2D eigenvalue weighted by Gasteiger charge is 2.26. The maximum Gasteiger partial charge on any atom is 0.488 e. The number of amides is 3. The van der Waals surface area contributed by atoms with Crippen LogP contribution in [-0.4, -0.2) is 66.0 Å². The molecular formula is C34H44BN3O9S. The molecule has 258 valence electrons.